The molecule has 1 heterocycles. The summed E-state index contributed by atoms with van der Waals surface area (Å²) >= 11 is 5.80. The van der Waals surface area contributed by atoms with E-state index in [-0.39, 0.29) is 29.1 Å². The van der Waals surface area contributed by atoms with Crippen LogP contribution in [0, 0.1) is 10.1 Å². The molecule has 19 heavy (non-hydrogen) atoms. The van der Waals surface area contributed by atoms with Crippen LogP contribution >= 0.6 is 11.6 Å². The number of carbonyl (C=O) groups is 1. The molecule has 1 atom stereocenters. The molecule has 0 saturated carbocycles. The molecule has 1 aromatic carbocycles. The van der Waals surface area contributed by atoms with E-state index >= 15 is 0 Å². The second kappa shape index (κ2) is 5.99. The Morgan fingerprint density at radius 2 is 2.26 bits per heavy atom. The molecule has 0 spiro atoms. The summed E-state index contributed by atoms with van der Waals surface area (Å²) in [5, 5.41) is 10.9. The zero-order valence-corrected chi connectivity index (χ0v) is 10.9. The van der Waals surface area contributed by atoms with Crippen molar-refractivity contribution in [3.8, 4) is 0 Å². The molecule has 0 aliphatic carbocycles. The highest BCUT2D eigenvalue weighted by Crippen LogP contribution is 2.22. The normalized spacial score (nSPS) is 19.2. The minimum atomic E-state index is -0.552. The molecule has 1 amide bonds. The molecule has 1 saturated heterocycles. The number of amides is 1. The maximum absolute atomic E-state index is 12.4. The van der Waals surface area contributed by atoms with Crippen LogP contribution in [0.15, 0.2) is 24.3 Å². The van der Waals surface area contributed by atoms with Crippen molar-refractivity contribution in [1.82, 2.24) is 4.90 Å². The van der Waals surface area contributed by atoms with Gasteiger partial charge in [0, 0.05) is 18.5 Å². The number of nitro groups is 1. The Balaban J connectivity index is 2.30. The van der Waals surface area contributed by atoms with Crippen LogP contribution in [0.3, 0.4) is 0 Å². The summed E-state index contributed by atoms with van der Waals surface area (Å²) in [6.45, 7) is 1.16. The maximum atomic E-state index is 12.4. The third-order valence-corrected chi connectivity index (χ3v) is 3.35. The van der Waals surface area contributed by atoms with Gasteiger partial charge in [-0.25, -0.2) is 0 Å². The topological polar surface area (TPSA) is 72.7 Å². The fraction of sp³-hybridized carbons (Fsp3) is 0.417. The minimum absolute atomic E-state index is 0.0875. The number of halogens is 1. The molecule has 1 unspecified atom stereocenters. The Labute approximate surface area is 115 Å². The molecule has 1 aliphatic heterocycles. The van der Waals surface area contributed by atoms with Crippen molar-refractivity contribution in [3.63, 3.8) is 0 Å². The number of para-hydroxylation sites is 1. The standard InChI is InChI=1S/C12H13ClN2O4/c13-7-9-8-19-6-5-14(9)12(16)10-3-1-2-4-11(10)15(17)18/h1-4,9H,5-8H2. The number of morpholine rings is 1. The molecule has 1 aliphatic rings. The second-order valence-electron chi connectivity index (χ2n) is 4.16. The number of alkyl halides is 1. The van der Waals surface area contributed by atoms with Gasteiger partial charge in [-0.05, 0) is 6.07 Å². The highest BCUT2D eigenvalue weighted by Gasteiger charge is 2.30. The van der Waals surface area contributed by atoms with Crippen LogP contribution in [0.1, 0.15) is 10.4 Å². The quantitative estimate of drug-likeness (QED) is 0.481. The highest BCUT2D eigenvalue weighted by molar-refractivity contribution is 6.18. The van der Waals surface area contributed by atoms with E-state index in [1.165, 1.54) is 18.2 Å². The third-order valence-electron chi connectivity index (χ3n) is 3.00. The molecular formula is C12H13ClN2O4. The SMILES string of the molecule is O=C(c1ccccc1[N+](=O)[O-])N1CCOCC1CCl. The average molecular weight is 285 g/mol. The first-order valence-corrected chi connectivity index (χ1v) is 6.36. The Morgan fingerprint density at radius 3 is 2.95 bits per heavy atom. The van der Waals surface area contributed by atoms with Gasteiger partial charge in [0.2, 0.25) is 0 Å². The van der Waals surface area contributed by atoms with Crippen molar-refractivity contribution in [3.05, 3.63) is 39.9 Å². The summed E-state index contributed by atoms with van der Waals surface area (Å²) in [5.41, 5.74) is -0.100. The molecule has 1 fully saturated rings. The van der Waals surface area contributed by atoms with Crippen LogP contribution in [0.25, 0.3) is 0 Å². The van der Waals surface area contributed by atoms with Gasteiger partial charge in [0.25, 0.3) is 11.6 Å². The van der Waals surface area contributed by atoms with Gasteiger partial charge in [0.15, 0.2) is 0 Å². The Morgan fingerprint density at radius 1 is 1.53 bits per heavy atom. The van der Waals surface area contributed by atoms with Crippen LogP contribution in [-0.2, 0) is 4.74 Å². The van der Waals surface area contributed by atoms with Crippen molar-refractivity contribution < 1.29 is 14.5 Å². The van der Waals surface area contributed by atoms with Gasteiger partial charge in [-0.1, -0.05) is 12.1 Å². The molecular weight excluding hydrogens is 272 g/mol. The first-order chi connectivity index (χ1) is 9.15. The summed E-state index contributed by atoms with van der Waals surface area (Å²) in [5.74, 6) is -0.131. The van der Waals surface area contributed by atoms with Gasteiger partial charge in [0.1, 0.15) is 5.56 Å². The largest absolute Gasteiger partial charge is 0.377 e. The predicted molar refractivity (Wildman–Crippen MR) is 69.5 cm³/mol. The van der Waals surface area contributed by atoms with Crippen molar-refractivity contribution in [2.75, 3.05) is 25.6 Å². The zero-order chi connectivity index (χ0) is 13.8. The van der Waals surface area contributed by atoms with Gasteiger partial charge in [-0.15, -0.1) is 11.6 Å². The van der Waals surface area contributed by atoms with Crippen LogP contribution in [0.2, 0.25) is 0 Å². The lowest BCUT2D eigenvalue weighted by molar-refractivity contribution is -0.385. The summed E-state index contributed by atoms with van der Waals surface area (Å²) in [6, 6.07) is 5.68. The molecule has 102 valence electrons. The van der Waals surface area contributed by atoms with E-state index in [1.807, 2.05) is 0 Å². The molecule has 7 heteroatoms. The lowest BCUT2D eigenvalue weighted by atomic mass is 10.1. The molecule has 0 N–H and O–H groups in total. The van der Waals surface area contributed by atoms with Crippen LogP contribution < -0.4 is 0 Å². The van der Waals surface area contributed by atoms with E-state index in [0.29, 0.717) is 19.8 Å². The molecule has 0 radical (unpaired) electrons. The molecule has 0 bridgehead atoms. The molecule has 0 aromatic heterocycles. The number of ether oxygens (including phenoxy) is 1. The third kappa shape index (κ3) is 2.85. The fourth-order valence-electron chi connectivity index (χ4n) is 2.02. The monoisotopic (exact) mass is 284 g/mol. The lowest BCUT2D eigenvalue weighted by Crippen LogP contribution is -2.49. The van der Waals surface area contributed by atoms with Gasteiger partial charge >= 0.3 is 0 Å². The van der Waals surface area contributed by atoms with E-state index in [2.05, 4.69) is 0 Å². The molecule has 1 aromatic rings. The van der Waals surface area contributed by atoms with Crippen molar-refractivity contribution >= 4 is 23.2 Å². The van der Waals surface area contributed by atoms with Crippen LogP contribution in [0.5, 0.6) is 0 Å². The van der Waals surface area contributed by atoms with Crippen molar-refractivity contribution in [1.29, 1.82) is 0 Å². The summed E-state index contributed by atoms with van der Waals surface area (Å²) in [7, 11) is 0. The number of benzene rings is 1. The van der Waals surface area contributed by atoms with E-state index in [1.54, 1.807) is 11.0 Å². The Kier molecular flexibility index (Phi) is 4.34. The van der Waals surface area contributed by atoms with E-state index < -0.39 is 4.92 Å². The number of nitrogens with zero attached hydrogens (tertiary/aromatic N) is 2. The van der Waals surface area contributed by atoms with Crippen molar-refractivity contribution in [2.24, 2.45) is 0 Å². The lowest BCUT2D eigenvalue weighted by Gasteiger charge is -2.34. The average Bonchev–Trinajstić information content (AvgIpc) is 2.46. The molecule has 6 nitrogen and oxygen atoms in total. The first-order valence-electron chi connectivity index (χ1n) is 5.83. The van der Waals surface area contributed by atoms with Crippen LogP contribution in [0.4, 0.5) is 5.69 Å². The zero-order valence-electron chi connectivity index (χ0n) is 10.1. The minimum Gasteiger partial charge on any atom is -0.377 e. The van der Waals surface area contributed by atoms with E-state index in [9.17, 15) is 14.9 Å². The predicted octanol–water partition coefficient (Wildman–Crippen LogP) is 1.67. The maximum Gasteiger partial charge on any atom is 0.282 e. The molecule has 2 rings (SSSR count). The van der Waals surface area contributed by atoms with E-state index in [0.717, 1.165) is 0 Å². The fourth-order valence-corrected chi connectivity index (χ4v) is 2.27. The Hall–Kier alpha value is -1.66. The number of rotatable bonds is 3. The van der Waals surface area contributed by atoms with Gasteiger partial charge in [0.05, 0.1) is 24.2 Å². The second-order valence-corrected chi connectivity index (χ2v) is 4.46. The number of hydrogen-bond acceptors (Lipinski definition) is 4. The number of nitro benzene ring substituents is 1. The number of carbonyl (C=O) groups excluding carboxylic acids is 1. The summed E-state index contributed by atoms with van der Waals surface area (Å²) in [6.07, 6.45) is 0. The highest BCUT2D eigenvalue weighted by atomic mass is 35.5. The smallest absolute Gasteiger partial charge is 0.282 e. The van der Waals surface area contributed by atoms with Gasteiger partial charge in [-0.2, -0.15) is 0 Å². The number of hydrogen-bond donors (Lipinski definition) is 0. The first kappa shape index (κ1) is 13.8. The summed E-state index contributed by atoms with van der Waals surface area (Å²) in [4.78, 5) is 24.3. The van der Waals surface area contributed by atoms with E-state index in [4.69, 9.17) is 16.3 Å². The van der Waals surface area contributed by atoms with Crippen LogP contribution in [-0.4, -0.2) is 47.4 Å². The Bertz CT molecular complexity index is 494. The summed E-state index contributed by atoms with van der Waals surface area (Å²) < 4.78 is 5.25. The van der Waals surface area contributed by atoms with Gasteiger partial charge < -0.3 is 9.64 Å². The van der Waals surface area contributed by atoms with Crippen molar-refractivity contribution in [2.45, 2.75) is 6.04 Å². The van der Waals surface area contributed by atoms with Gasteiger partial charge in [-0.3, -0.25) is 14.9 Å².